The monoisotopic (exact) mass is 245 g/mol. The molecule has 0 saturated carbocycles. The predicted octanol–water partition coefficient (Wildman–Crippen LogP) is 1.71. The molecule has 2 atom stereocenters. The lowest BCUT2D eigenvalue weighted by Crippen LogP contribution is -2.46. The van der Waals surface area contributed by atoms with E-state index < -0.39 is 11.7 Å². The highest BCUT2D eigenvalue weighted by atomic mass is 16.6. The minimum Gasteiger partial charge on any atom is -0.444 e. The van der Waals surface area contributed by atoms with E-state index in [1.807, 2.05) is 20.8 Å². The molecule has 1 aliphatic heterocycles. The average Bonchev–Trinajstić information content (AvgIpc) is 2.39. The lowest BCUT2D eigenvalue weighted by Gasteiger charge is -2.26. The first kappa shape index (κ1) is 14.3. The second kappa shape index (κ2) is 6.21. The Kier molecular flexibility index (Phi) is 5.21. The normalized spacial score (nSPS) is 26.1. The van der Waals surface area contributed by atoms with Gasteiger partial charge in [0.2, 0.25) is 0 Å². The summed E-state index contributed by atoms with van der Waals surface area (Å²) in [6.07, 6.45) is 1.26. The number of carbonyl (C=O) groups excluding carboxylic acids is 1. The zero-order valence-corrected chi connectivity index (χ0v) is 11.1. The van der Waals surface area contributed by atoms with Gasteiger partial charge in [-0.25, -0.2) is 4.79 Å². The maximum absolute atomic E-state index is 11.7. The van der Waals surface area contributed by atoms with E-state index in [0.717, 1.165) is 12.8 Å². The standard InChI is InChI=1S/C12H23NO4/c1-12(2,3)17-11(14)13-9-6-5-7-16-8-10(9)15-4/h9-10H,5-8H2,1-4H3,(H,13,14)/t9-,10?/m1/s1. The van der Waals surface area contributed by atoms with Crippen molar-refractivity contribution < 1.29 is 19.0 Å². The number of ether oxygens (including phenoxy) is 3. The van der Waals surface area contributed by atoms with Gasteiger partial charge in [-0.05, 0) is 33.6 Å². The molecule has 0 bridgehead atoms. The molecule has 1 amide bonds. The van der Waals surface area contributed by atoms with Crippen molar-refractivity contribution in [1.29, 1.82) is 0 Å². The number of alkyl carbamates (subject to hydrolysis) is 1. The van der Waals surface area contributed by atoms with Gasteiger partial charge in [-0.2, -0.15) is 0 Å². The quantitative estimate of drug-likeness (QED) is 0.804. The van der Waals surface area contributed by atoms with Crippen molar-refractivity contribution in [3.05, 3.63) is 0 Å². The summed E-state index contributed by atoms with van der Waals surface area (Å²) < 4.78 is 15.9. The van der Waals surface area contributed by atoms with Crippen molar-refractivity contribution in [3.63, 3.8) is 0 Å². The highest BCUT2D eigenvalue weighted by Gasteiger charge is 2.27. The van der Waals surface area contributed by atoms with Gasteiger partial charge in [0.05, 0.1) is 12.6 Å². The second-order valence-electron chi connectivity index (χ2n) is 5.24. The fourth-order valence-corrected chi connectivity index (χ4v) is 1.76. The van der Waals surface area contributed by atoms with E-state index in [2.05, 4.69) is 5.32 Å². The van der Waals surface area contributed by atoms with Crippen LogP contribution in [0.2, 0.25) is 0 Å². The lowest BCUT2D eigenvalue weighted by atomic mass is 10.1. The van der Waals surface area contributed by atoms with Gasteiger partial charge < -0.3 is 19.5 Å². The molecule has 0 radical (unpaired) electrons. The predicted molar refractivity (Wildman–Crippen MR) is 64.0 cm³/mol. The molecule has 0 aromatic rings. The number of rotatable bonds is 2. The SMILES string of the molecule is COC1COCCC[C@H]1NC(=O)OC(C)(C)C. The molecule has 1 fully saturated rings. The summed E-state index contributed by atoms with van der Waals surface area (Å²) in [5, 5.41) is 2.85. The molecule has 1 aliphatic rings. The number of nitrogens with one attached hydrogen (secondary N) is 1. The van der Waals surface area contributed by atoms with E-state index in [1.165, 1.54) is 0 Å². The van der Waals surface area contributed by atoms with Crippen LogP contribution in [0.4, 0.5) is 4.79 Å². The van der Waals surface area contributed by atoms with Gasteiger partial charge in [-0.1, -0.05) is 0 Å². The average molecular weight is 245 g/mol. The third kappa shape index (κ3) is 5.37. The van der Waals surface area contributed by atoms with E-state index in [9.17, 15) is 4.79 Å². The summed E-state index contributed by atoms with van der Waals surface area (Å²) in [5.41, 5.74) is -0.478. The molecule has 0 aromatic heterocycles. The van der Waals surface area contributed by atoms with Crippen molar-refractivity contribution in [1.82, 2.24) is 5.32 Å². The minimum atomic E-state index is -0.478. The van der Waals surface area contributed by atoms with Gasteiger partial charge >= 0.3 is 6.09 Å². The van der Waals surface area contributed by atoms with Crippen LogP contribution in [-0.4, -0.2) is 44.2 Å². The maximum Gasteiger partial charge on any atom is 0.407 e. The fraction of sp³-hybridized carbons (Fsp3) is 0.917. The van der Waals surface area contributed by atoms with Crippen LogP contribution in [0.1, 0.15) is 33.6 Å². The molecule has 1 unspecified atom stereocenters. The first-order valence-corrected chi connectivity index (χ1v) is 6.02. The van der Waals surface area contributed by atoms with Gasteiger partial charge in [0.1, 0.15) is 11.7 Å². The van der Waals surface area contributed by atoms with Crippen molar-refractivity contribution >= 4 is 6.09 Å². The Morgan fingerprint density at radius 2 is 2.12 bits per heavy atom. The molecule has 5 heteroatoms. The molecule has 1 saturated heterocycles. The Morgan fingerprint density at radius 3 is 2.71 bits per heavy atom. The van der Waals surface area contributed by atoms with E-state index in [4.69, 9.17) is 14.2 Å². The highest BCUT2D eigenvalue weighted by molar-refractivity contribution is 5.68. The van der Waals surface area contributed by atoms with Gasteiger partial charge in [0, 0.05) is 13.7 Å². The Hall–Kier alpha value is -0.810. The van der Waals surface area contributed by atoms with E-state index in [1.54, 1.807) is 7.11 Å². The van der Waals surface area contributed by atoms with E-state index in [0.29, 0.717) is 13.2 Å². The third-order valence-electron chi connectivity index (χ3n) is 2.54. The lowest BCUT2D eigenvalue weighted by molar-refractivity contribution is 0.000244. The smallest absolute Gasteiger partial charge is 0.407 e. The van der Waals surface area contributed by atoms with Crippen LogP contribution in [0.5, 0.6) is 0 Å². The zero-order chi connectivity index (χ0) is 12.9. The fourth-order valence-electron chi connectivity index (χ4n) is 1.76. The second-order valence-corrected chi connectivity index (χ2v) is 5.24. The zero-order valence-electron chi connectivity index (χ0n) is 11.1. The molecule has 1 rings (SSSR count). The number of methoxy groups -OCH3 is 1. The summed E-state index contributed by atoms with van der Waals surface area (Å²) in [6, 6.07) is -0.0441. The molecule has 1 N–H and O–H groups in total. The minimum absolute atomic E-state index is 0.0441. The van der Waals surface area contributed by atoms with Gasteiger partial charge in [-0.3, -0.25) is 0 Å². The Labute approximate surface area is 103 Å². The first-order chi connectivity index (χ1) is 7.92. The van der Waals surface area contributed by atoms with Crippen LogP contribution in [0.15, 0.2) is 0 Å². The topological polar surface area (TPSA) is 56.8 Å². The van der Waals surface area contributed by atoms with Crippen molar-refractivity contribution in [2.24, 2.45) is 0 Å². The number of hydrogen-bond donors (Lipinski definition) is 1. The summed E-state index contributed by atoms with van der Waals surface area (Å²) in [7, 11) is 1.63. The molecule has 17 heavy (non-hydrogen) atoms. The molecule has 5 nitrogen and oxygen atoms in total. The Bertz CT molecular complexity index is 249. The van der Waals surface area contributed by atoms with Crippen LogP contribution in [0.25, 0.3) is 0 Å². The van der Waals surface area contributed by atoms with Gasteiger partial charge in [0.15, 0.2) is 0 Å². The van der Waals surface area contributed by atoms with Crippen molar-refractivity contribution in [2.45, 2.75) is 51.4 Å². The van der Waals surface area contributed by atoms with Crippen LogP contribution < -0.4 is 5.32 Å². The van der Waals surface area contributed by atoms with Crippen molar-refractivity contribution in [3.8, 4) is 0 Å². The molecule has 0 aliphatic carbocycles. The molecular formula is C12H23NO4. The summed E-state index contributed by atoms with van der Waals surface area (Å²) in [6.45, 7) is 6.76. The number of hydrogen-bond acceptors (Lipinski definition) is 4. The molecule has 0 aromatic carbocycles. The molecule has 100 valence electrons. The van der Waals surface area contributed by atoms with Crippen LogP contribution in [-0.2, 0) is 14.2 Å². The summed E-state index contributed by atoms with van der Waals surface area (Å²) in [5.74, 6) is 0. The Balaban J connectivity index is 2.49. The van der Waals surface area contributed by atoms with Gasteiger partial charge in [-0.15, -0.1) is 0 Å². The van der Waals surface area contributed by atoms with Crippen LogP contribution in [0.3, 0.4) is 0 Å². The van der Waals surface area contributed by atoms with E-state index in [-0.39, 0.29) is 12.1 Å². The molecular weight excluding hydrogens is 222 g/mol. The molecule has 1 heterocycles. The van der Waals surface area contributed by atoms with Crippen LogP contribution >= 0.6 is 0 Å². The number of amides is 1. The van der Waals surface area contributed by atoms with Crippen LogP contribution in [0, 0.1) is 0 Å². The summed E-state index contributed by atoms with van der Waals surface area (Å²) in [4.78, 5) is 11.7. The largest absolute Gasteiger partial charge is 0.444 e. The first-order valence-electron chi connectivity index (χ1n) is 6.02. The maximum atomic E-state index is 11.7. The van der Waals surface area contributed by atoms with Gasteiger partial charge in [0.25, 0.3) is 0 Å². The highest BCUT2D eigenvalue weighted by Crippen LogP contribution is 2.13. The molecule has 0 spiro atoms. The Morgan fingerprint density at radius 1 is 1.41 bits per heavy atom. The number of carbonyl (C=O) groups is 1. The summed E-state index contributed by atoms with van der Waals surface area (Å²) >= 11 is 0. The third-order valence-corrected chi connectivity index (χ3v) is 2.54. The van der Waals surface area contributed by atoms with E-state index >= 15 is 0 Å². The van der Waals surface area contributed by atoms with Crippen molar-refractivity contribution in [2.75, 3.05) is 20.3 Å².